The van der Waals surface area contributed by atoms with Crippen LogP contribution in [0.3, 0.4) is 0 Å². The fourth-order valence-corrected chi connectivity index (χ4v) is 1.82. The quantitative estimate of drug-likeness (QED) is 0.791. The van der Waals surface area contributed by atoms with Gasteiger partial charge in [0.15, 0.2) is 17.5 Å². The van der Waals surface area contributed by atoms with Crippen molar-refractivity contribution in [1.82, 2.24) is 0 Å². The standard InChI is InChI=1S/C15H7F7N2O2/c16-7-3-1-2-6(10(7)18)13(25)23-9-5-4-8(17)12(11(9)19)24-14(26)15(20,21)22/h1-5H,(H,23,25)(H,24,26). The summed E-state index contributed by atoms with van der Waals surface area (Å²) in [4.78, 5) is 22.7. The Balaban J connectivity index is 2.34. The molecule has 0 aliphatic heterocycles. The third-order valence-corrected chi connectivity index (χ3v) is 3.03. The molecule has 0 aliphatic rings. The number of nitrogens with one attached hydrogen (secondary N) is 2. The number of hydrogen-bond acceptors (Lipinski definition) is 2. The summed E-state index contributed by atoms with van der Waals surface area (Å²) in [6.45, 7) is 0. The molecule has 0 spiro atoms. The van der Waals surface area contributed by atoms with Gasteiger partial charge in [-0.25, -0.2) is 17.6 Å². The molecule has 0 unspecified atom stereocenters. The van der Waals surface area contributed by atoms with Crippen molar-refractivity contribution in [3.05, 3.63) is 59.2 Å². The summed E-state index contributed by atoms with van der Waals surface area (Å²) in [5.74, 6) is -10.2. The van der Waals surface area contributed by atoms with E-state index in [2.05, 4.69) is 0 Å². The highest BCUT2D eigenvalue weighted by atomic mass is 19.4. The molecule has 138 valence electrons. The van der Waals surface area contributed by atoms with E-state index in [0.717, 1.165) is 23.5 Å². The third kappa shape index (κ3) is 3.92. The molecular weight excluding hydrogens is 373 g/mol. The summed E-state index contributed by atoms with van der Waals surface area (Å²) >= 11 is 0. The number of anilines is 2. The van der Waals surface area contributed by atoms with Crippen molar-refractivity contribution in [3.63, 3.8) is 0 Å². The first-order chi connectivity index (χ1) is 12.0. The molecule has 0 saturated heterocycles. The van der Waals surface area contributed by atoms with Gasteiger partial charge in [-0.2, -0.15) is 13.2 Å². The molecule has 0 bridgehead atoms. The first-order valence-electron chi connectivity index (χ1n) is 6.64. The van der Waals surface area contributed by atoms with Gasteiger partial charge in [0.25, 0.3) is 5.91 Å². The van der Waals surface area contributed by atoms with Crippen molar-refractivity contribution in [2.75, 3.05) is 10.6 Å². The monoisotopic (exact) mass is 380 g/mol. The number of rotatable bonds is 3. The summed E-state index contributed by atoms with van der Waals surface area (Å²) in [5, 5.41) is 2.75. The molecule has 0 atom stereocenters. The molecule has 0 saturated carbocycles. The van der Waals surface area contributed by atoms with Crippen LogP contribution in [0.1, 0.15) is 10.4 Å². The predicted molar refractivity (Wildman–Crippen MR) is 75.4 cm³/mol. The van der Waals surface area contributed by atoms with E-state index in [9.17, 15) is 40.3 Å². The highest BCUT2D eigenvalue weighted by Gasteiger charge is 2.39. The van der Waals surface area contributed by atoms with Crippen LogP contribution in [0.15, 0.2) is 30.3 Å². The molecule has 0 aliphatic carbocycles. The predicted octanol–water partition coefficient (Wildman–Crippen LogP) is 4.00. The lowest BCUT2D eigenvalue weighted by atomic mass is 10.1. The number of carbonyl (C=O) groups excluding carboxylic acids is 2. The summed E-state index contributed by atoms with van der Waals surface area (Å²) in [5.41, 5.74) is -3.16. The molecular formula is C15H7F7N2O2. The van der Waals surface area contributed by atoms with Gasteiger partial charge in [0.2, 0.25) is 0 Å². The van der Waals surface area contributed by atoms with Crippen LogP contribution in [0.25, 0.3) is 0 Å². The Morgan fingerprint density at radius 1 is 0.808 bits per heavy atom. The maximum atomic E-state index is 14.1. The molecule has 0 heterocycles. The zero-order valence-corrected chi connectivity index (χ0v) is 12.3. The number of benzene rings is 2. The lowest BCUT2D eigenvalue weighted by Gasteiger charge is -2.13. The van der Waals surface area contributed by atoms with E-state index in [1.165, 1.54) is 0 Å². The zero-order valence-electron chi connectivity index (χ0n) is 12.3. The fraction of sp³-hybridized carbons (Fsp3) is 0.0667. The fourth-order valence-electron chi connectivity index (χ4n) is 1.82. The summed E-state index contributed by atoms with van der Waals surface area (Å²) in [7, 11) is 0. The average molecular weight is 380 g/mol. The van der Waals surface area contributed by atoms with E-state index >= 15 is 0 Å². The van der Waals surface area contributed by atoms with E-state index in [-0.39, 0.29) is 0 Å². The zero-order chi connectivity index (χ0) is 19.6. The molecule has 2 N–H and O–H groups in total. The van der Waals surface area contributed by atoms with Crippen molar-refractivity contribution in [1.29, 1.82) is 0 Å². The molecule has 2 aromatic rings. The van der Waals surface area contributed by atoms with Gasteiger partial charge in [-0.15, -0.1) is 0 Å². The lowest BCUT2D eigenvalue weighted by Crippen LogP contribution is -2.31. The van der Waals surface area contributed by atoms with Crippen LogP contribution in [-0.4, -0.2) is 18.0 Å². The summed E-state index contributed by atoms with van der Waals surface area (Å²) in [6, 6.07) is 3.66. The van der Waals surface area contributed by atoms with Crippen LogP contribution in [0, 0.1) is 23.3 Å². The minimum atomic E-state index is -5.41. The van der Waals surface area contributed by atoms with Crippen LogP contribution >= 0.6 is 0 Å². The van der Waals surface area contributed by atoms with E-state index in [4.69, 9.17) is 0 Å². The second kappa shape index (κ2) is 7.02. The van der Waals surface area contributed by atoms with Crippen molar-refractivity contribution in [2.45, 2.75) is 6.18 Å². The van der Waals surface area contributed by atoms with Gasteiger partial charge in [-0.05, 0) is 24.3 Å². The Hall–Kier alpha value is -3.11. The highest BCUT2D eigenvalue weighted by Crippen LogP contribution is 2.28. The van der Waals surface area contributed by atoms with Gasteiger partial charge >= 0.3 is 12.1 Å². The molecule has 11 heteroatoms. The van der Waals surface area contributed by atoms with Gasteiger partial charge in [-0.1, -0.05) is 6.07 Å². The normalized spacial score (nSPS) is 11.2. The molecule has 0 fully saturated rings. The van der Waals surface area contributed by atoms with Crippen molar-refractivity contribution >= 4 is 23.2 Å². The van der Waals surface area contributed by atoms with E-state index < -0.39 is 58.2 Å². The van der Waals surface area contributed by atoms with Crippen molar-refractivity contribution < 1.29 is 40.3 Å². The van der Waals surface area contributed by atoms with Gasteiger partial charge in [-0.3, -0.25) is 9.59 Å². The van der Waals surface area contributed by atoms with Crippen LogP contribution in [-0.2, 0) is 4.79 Å². The van der Waals surface area contributed by atoms with Crippen molar-refractivity contribution in [3.8, 4) is 0 Å². The summed E-state index contributed by atoms with van der Waals surface area (Å²) < 4.78 is 90.9. The van der Waals surface area contributed by atoms with Crippen LogP contribution < -0.4 is 10.6 Å². The van der Waals surface area contributed by atoms with Crippen LogP contribution in [0.2, 0.25) is 0 Å². The first kappa shape index (κ1) is 19.2. The smallest absolute Gasteiger partial charge is 0.319 e. The topological polar surface area (TPSA) is 58.2 Å². The minimum Gasteiger partial charge on any atom is -0.319 e. The molecule has 2 aromatic carbocycles. The van der Waals surface area contributed by atoms with E-state index in [0.29, 0.717) is 12.1 Å². The Bertz CT molecular complexity index is 881. The number of alkyl halides is 3. The highest BCUT2D eigenvalue weighted by molar-refractivity contribution is 6.05. The van der Waals surface area contributed by atoms with Gasteiger partial charge in [0.1, 0.15) is 11.5 Å². The average Bonchev–Trinajstić information content (AvgIpc) is 2.55. The lowest BCUT2D eigenvalue weighted by molar-refractivity contribution is -0.167. The number of amides is 2. The molecule has 4 nitrogen and oxygen atoms in total. The Kier molecular flexibility index (Phi) is 5.19. The molecule has 2 amide bonds. The van der Waals surface area contributed by atoms with Crippen LogP contribution in [0.4, 0.5) is 42.1 Å². The number of carbonyl (C=O) groups is 2. The minimum absolute atomic E-state index is 0.465. The van der Waals surface area contributed by atoms with E-state index in [1.54, 1.807) is 5.32 Å². The van der Waals surface area contributed by atoms with E-state index in [1.807, 2.05) is 0 Å². The van der Waals surface area contributed by atoms with Gasteiger partial charge in [0, 0.05) is 0 Å². The SMILES string of the molecule is O=C(Nc1ccc(F)c(NC(=O)C(F)(F)F)c1F)c1cccc(F)c1F. The van der Waals surface area contributed by atoms with Crippen LogP contribution in [0.5, 0.6) is 0 Å². The maximum absolute atomic E-state index is 14.1. The number of hydrogen-bond donors (Lipinski definition) is 2. The Morgan fingerprint density at radius 3 is 2.08 bits per heavy atom. The summed E-state index contributed by atoms with van der Waals surface area (Å²) in [6.07, 6.45) is -5.41. The first-order valence-corrected chi connectivity index (χ1v) is 6.64. The Labute approximate surface area is 140 Å². The molecule has 0 aromatic heterocycles. The molecule has 26 heavy (non-hydrogen) atoms. The molecule has 0 radical (unpaired) electrons. The van der Waals surface area contributed by atoms with Gasteiger partial charge in [0.05, 0.1) is 11.3 Å². The number of halogens is 7. The van der Waals surface area contributed by atoms with Gasteiger partial charge < -0.3 is 10.6 Å². The largest absolute Gasteiger partial charge is 0.471 e. The second-order valence-corrected chi connectivity index (χ2v) is 4.79. The van der Waals surface area contributed by atoms with Crippen molar-refractivity contribution in [2.24, 2.45) is 0 Å². The third-order valence-electron chi connectivity index (χ3n) is 3.03. The maximum Gasteiger partial charge on any atom is 0.471 e. The second-order valence-electron chi connectivity index (χ2n) is 4.79. The molecule has 2 rings (SSSR count). The Morgan fingerprint density at radius 2 is 1.46 bits per heavy atom.